The van der Waals surface area contributed by atoms with E-state index in [4.69, 9.17) is 11.1 Å². The number of methoxy groups -OCH3 is 1. The van der Waals surface area contributed by atoms with Crippen molar-refractivity contribution in [3.8, 4) is 16.8 Å². The maximum atomic E-state index is 12.5. The summed E-state index contributed by atoms with van der Waals surface area (Å²) in [5.74, 6) is -0.363. The molecule has 0 fully saturated rings. The van der Waals surface area contributed by atoms with Crippen molar-refractivity contribution in [2.24, 2.45) is 5.73 Å². The number of amidine groups is 1. The highest BCUT2D eigenvalue weighted by atomic mass is 32.2. The SMILES string of the molecule is COC(=O)CCc1cn(-c2ccc(-c3ccc(C(=N)N)cc3)cc2S(C)(=O)=O)cn1. The van der Waals surface area contributed by atoms with Gasteiger partial charge in [-0.2, -0.15) is 0 Å². The molecule has 0 atom stereocenters. The monoisotopic (exact) mass is 426 g/mol. The fourth-order valence-electron chi connectivity index (χ4n) is 3.00. The van der Waals surface area contributed by atoms with Crippen molar-refractivity contribution in [1.29, 1.82) is 5.41 Å². The molecule has 2 aromatic carbocycles. The molecule has 156 valence electrons. The number of nitrogens with one attached hydrogen (secondary N) is 1. The number of rotatable bonds is 7. The third-order valence-electron chi connectivity index (χ3n) is 4.62. The Morgan fingerprint density at radius 3 is 2.43 bits per heavy atom. The minimum atomic E-state index is -3.53. The second-order valence-corrected chi connectivity index (χ2v) is 8.78. The summed E-state index contributed by atoms with van der Waals surface area (Å²) in [4.78, 5) is 15.7. The third kappa shape index (κ3) is 4.74. The maximum absolute atomic E-state index is 12.5. The van der Waals surface area contributed by atoms with Gasteiger partial charge >= 0.3 is 5.97 Å². The summed E-state index contributed by atoms with van der Waals surface area (Å²) in [5, 5.41) is 7.48. The summed E-state index contributed by atoms with van der Waals surface area (Å²) in [5.41, 5.74) is 8.74. The first-order valence-electron chi connectivity index (χ1n) is 9.08. The van der Waals surface area contributed by atoms with Crippen LogP contribution < -0.4 is 5.73 Å². The number of carbonyl (C=O) groups excluding carboxylic acids is 1. The Labute approximate surface area is 174 Å². The fourth-order valence-corrected chi connectivity index (χ4v) is 3.90. The average Bonchev–Trinajstić information content (AvgIpc) is 3.20. The van der Waals surface area contributed by atoms with E-state index in [9.17, 15) is 13.2 Å². The molecule has 3 N–H and O–H groups in total. The van der Waals surface area contributed by atoms with E-state index < -0.39 is 9.84 Å². The van der Waals surface area contributed by atoms with E-state index in [-0.39, 0.29) is 23.1 Å². The zero-order valence-corrected chi connectivity index (χ0v) is 17.4. The quantitative estimate of drug-likeness (QED) is 0.339. The second kappa shape index (κ2) is 8.50. The van der Waals surface area contributed by atoms with Gasteiger partial charge in [0.1, 0.15) is 5.84 Å². The predicted octanol–water partition coefficient (Wildman–Crippen LogP) is 2.33. The van der Waals surface area contributed by atoms with Crippen LogP contribution in [-0.4, -0.2) is 43.1 Å². The second-order valence-electron chi connectivity index (χ2n) is 6.79. The molecule has 1 heterocycles. The molecule has 0 unspecified atom stereocenters. The van der Waals surface area contributed by atoms with Crippen LogP contribution in [0.4, 0.5) is 0 Å². The van der Waals surface area contributed by atoms with Crippen molar-refractivity contribution in [1.82, 2.24) is 9.55 Å². The Morgan fingerprint density at radius 2 is 1.83 bits per heavy atom. The number of ether oxygens (including phenoxy) is 1. The van der Waals surface area contributed by atoms with Gasteiger partial charge in [-0.15, -0.1) is 0 Å². The summed E-state index contributed by atoms with van der Waals surface area (Å²) in [7, 11) is -2.20. The molecule has 0 saturated carbocycles. The van der Waals surface area contributed by atoms with Gasteiger partial charge in [0.2, 0.25) is 0 Å². The lowest BCUT2D eigenvalue weighted by atomic mass is 10.0. The summed E-state index contributed by atoms with van der Waals surface area (Å²) in [6.45, 7) is 0. The normalized spacial score (nSPS) is 11.3. The Morgan fingerprint density at radius 1 is 1.17 bits per heavy atom. The minimum Gasteiger partial charge on any atom is -0.469 e. The van der Waals surface area contributed by atoms with E-state index in [1.54, 1.807) is 47.2 Å². The highest BCUT2D eigenvalue weighted by molar-refractivity contribution is 7.90. The Balaban J connectivity index is 1.97. The smallest absolute Gasteiger partial charge is 0.305 e. The highest BCUT2D eigenvalue weighted by Gasteiger charge is 2.17. The molecule has 8 nitrogen and oxygen atoms in total. The largest absolute Gasteiger partial charge is 0.469 e. The van der Waals surface area contributed by atoms with Crippen LogP contribution in [0.3, 0.4) is 0 Å². The molecule has 0 bridgehead atoms. The summed E-state index contributed by atoms with van der Waals surface area (Å²) in [6, 6.07) is 12.2. The molecule has 3 rings (SSSR count). The van der Waals surface area contributed by atoms with Crippen molar-refractivity contribution >= 4 is 21.6 Å². The van der Waals surface area contributed by atoms with Crippen LogP contribution in [0.5, 0.6) is 0 Å². The number of esters is 1. The van der Waals surface area contributed by atoms with Gasteiger partial charge in [-0.3, -0.25) is 10.2 Å². The van der Waals surface area contributed by atoms with Crippen LogP contribution in [0.1, 0.15) is 17.7 Å². The first-order chi connectivity index (χ1) is 14.2. The van der Waals surface area contributed by atoms with Crippen molar-refractivity contribution in [3.63, 3.8) is 0 Å². The van der Waals surface area contributed by atoms with E-state index >= 15 is 0 Å². The molecule has 0 aliphatic rings. The average molecular weight is 426 g/mol. The molecule has 9 heteroatoms. The van der Waals surface area contributed by atoms with Crippen LogP contribution in [-0.2, 0) is 25.8 Å². The molecule has 0 amide bonds. The minimum absolute atomic E-state index is 0.0307. The number of imidazole rings is 1. The lowest BCUT2D eigenvalue weighted by molar-refractivity contribution is -0.140. The fraction of sp³-hybridized carbons (Fsp3) is 0.190. The van der Waals surface area contributed by atoms with E-state index in [1.807, 2.05) is 6.07 Å². The number of aryl methyl sites for hydroxylation is 1. The molecule has 0 aliphatic carbocycles. The molecule has 0 saturated heterocycles. The van der Waals surface area contributed by atoms with Crippen LogP contribution in [0.15, 0.2) is 59.9 Å². The van der Waals surface area contributed by atoms with Gasteiger partial charge in [-0.25, -0.2) is 13.4 Å². The lowest BCUT2D eigenvalue weighted by Gasteiger charge is -2.12. The first kappa shape index (κ1) is 21.3. The molecular formula is C21H22N4O4S. The lowest BCUT2D eigenvalue weighted by Crippen LogP contribution is -2.10. The van der Waals surface area contributed by atoms with Crippen LogP contribution in [0.25, 0.3) is 16.8 Å². The Bertz CT molecular complexity index is 1200. The van der Waals surface area contributed by atoms with Crippen LogP contribution in [0, 0.1) is 5.41 Å². The number of carbonyl (C=O) groups is 1. The van der Waals surface area contributed by atoms with E-state index in [0.29, 0.717) is 23.4 Å². The van der Waals surface area contributed by atoms with E-state index in [0.717, 1.165) is 17.4 Å². The van der Waals surface area contributed by atoms with Crippen molar-refractivity contribution in [2.45, 2.75) is 17.7 Å². The van der Waals surface area contributed by atoms with Crippen LogP contribution >= 0.6 is 0 Å². The van der Waals surface area contributed by atoms with Crippen molar-refractivity contribution < 1.29 is 17.9 Å². The van der Waals surface area contributed by atoms with Gasteiger partial charge in [0.25, 0.3) is 0 Å². The molecule has 30 heavy (non-hydrogen) atoms. The zero-order valence-electron chi connectivity index (χ0n) is 16.6. The highest BCUT2D eigenvalue weighted by Crippen LogP contribution is 2.28. The van der Waals surface area contributed by atoms with Gasteiger partial charge in [0, 0.05) is 24.4 Å². The molecule has 3 aromatic rings. The number of sulfone groups is 1. The van der Waals surface area contributed by atoms with E-state index in [2.05, 4.69) is 9.72 Å². The predicted molar refractivity (Wildman–Crippen MR) is 113 cm³/mol. The number of benzene rings is 2. The van der Waals surface area contributed by atoms with Crippen molar-refractivity contribution in [2.75, 3.05) is 13.4 Å². The topological polar surface area (TPSA) is 128 Å². The number of aromatic nitrogens is 2. The Kier molecular flexibility index (Phi) is 6.02. The van der Waals surface area contributed by atoms with Crippen LogP contribution in [0.2, 0.25) is 0 Å². The molecule has 1 aromatic heterocycles. The number of hydrogen-bond donors (Lipinski definition) is 2. The number of nitrogens with two attached hydrogens (primary N) is 1. The molecular weight excluding hydrogens is 404 g/mol. The Hall–Kier alpha value is -3.46. The number of hydrogen-bond acceptors (Lipinski definition) is 6. The van der Waals surface area contributed by atoms with Gasteiger partial charge in [-0.05, 0) is 23.3 Å². The maximum Gasteiger partial charge on any atom is 0.305 e. The van der Waals surface area contributed by atoms with Gasteiger partial charge in [0.05, 0.1) is 36.1 Å². The summed E-state index contributed by atoms with van der Waals surface area (Å²) in [6.07, 6.45) is 4.98. The number of nitrogen functional groups attached to an aromatic ring is 1. The molecule has 0 spiro atoms. The van der Waals surface area contributed by atoms with Gasteiger partial charge in [0.15, 0.2) is 9.84 Å². The van der Waals surface area contributed by atoms with Crippen molar-refractivity contribution in [3.05, 3.63) is 66.2 Å². The molecule has 0 radical (unpaired) electrons. The standard InChI is InChI=1S/C21H22N4O4S/c1-29-20(26)10-8-17-12-25(13-24-17)18-9-7-16(11-19(18)30(2,27)28)14-3-5-15(6-4-14)21(22)23/h3-7,9,11-13H,8,10H2,1-2H3,(H3,22,23). The number of nitrogens with zero attached hydrogens (tertiary/aromatic N) is 2. The summed E-state index contributed by atoms with van der Waals surface area (Å²) >= 11 is 0. The van der Waals surface area contributed by atoms with E-state index in [1.165, 1.54) is 13.4 Å². The van der Waals surface area contributed by atoms with Gasteiger partial charge < -0.3 is 15.0 Å². The van der Waals surface area contributed by atoms with Gasteiger partial charge in [-0.1, -0.05) is 30.3 Å². The summed E-state index contributed by atoms with van der Waals surface area (Å²) < 4.78 is 31.2. The third-order valence-corrected chi connectivity index (χ3v) is 5.74. The first-order valence-corrected chi connectivity index (χ1v) is 11.0. The zero-order chi connectivity index (χ0) is 21.9. The molecule has 0 aliphatic heterocycles.